The second-order valence-corrected chi connectivity index (χ2v) is 9.03. The van der Waals surface area contributed by atoms with Gasteiger partial charge in [-0.25, -0.2) is 0 Å². The number of benzene rings is 1. The molecule has 0 fully saturated rings. The zero-order valence-electron chi connectivity index (χ0n) is 17.7. The Morgan fingerprint density at radius 2 is 1.91 bits per heavy atom. The van der Waals surface area contributed by atoms with Gasteiger partial charge < -0.3 is 19.9 Å². The number of nitrogens with one attached hydrogen (secondary N) is 1. The summed E-state index contributed by atoms with van der Waals surface area (Å²) in [6, 6.07) is 5.22. The molecule has 2 unspecified atom stereocenters. The Morgan fingerprint density at radius 1 is 1.12 bits per heavy atom. The van der Waals surface area contributed by atoms with Crippen molar-refractivity contribution in [3.05, 3.63) is 53.5 Å². The maximum Gasteiger partial charge on any atom is 0.419 e. The van der Waals surface area contributed by atoms with Crippen molar-refractivity contribution in [3.63, 3.8) is 0 Å². The van der Waals surface area contributed by atoms with Gasteiger partial charge >= 0.3 is 6.18 Å². The second-order valence-electron chi connectivity index (χ2n) is 9.03. The van der Waals surface area contributed by atoms with Crippen molar-refractivity contribution >= 4 is 16.6 Å². The summed E-state index contributed by atoms with van der Waals surface area (Å²) in [5.41, 5.74) is -1.48. The molecule has 1 aliphatic carbocycles. The maximum absolute atomic E-state index is 14.4. The number of pyridine rings is 2. The first kappa shape index (κ1) is 20.8. The number of fused-ring (bicyclic) bond motifs is 4. The first-order chi connectivity index (χ1) is 15.0. The SMILES string of the molecule is Cc1ccc2c(NC3c4ccc5c(c4C(C)(C)CC3(O)C(F)(F)F)OCO5)cncc2n1. The van der Waals surface area contributed by atoms with E-state index < -0.39 is 29.7 Å². The van der Waals surface area contributed by atoms with Crippen LogP contribution in [-0.2, 0) is 5.41 Å². The molecule has 0 radical (unpaired) electrons. The number of hydrogen-bond donors (Lipinski definition) is 2. The molecule has 0 bridgehead atoms. The average Bonchev–Trinajstić information content (AvgIpc) is 3.17. The van der Waals surface area contributed by atoms with Gasteiger partial charge in [-0.1, -0.05) is 19.9 Å². The predicted molar refractivity (Wildman–Crippen MR) is 112 cm³/mol. The van der Waals surface area contributed by atoms with E-state index in [1.54, 1.807) is 44.3 Å². The van der Waals surface area contributed by atoms with Crippen LogP contribution in [0.3, 0.4) is 0 Å². The Kier molecular flexibility index (Phi) is 4.37. The fraction of sp³-hybridized carbons (Fsp3) is 0.391. The molecule has 2 aromatic heterocycles. The number of aromatic nitrogens is 2. The van der Waals surface area contributed by atoms with Gasteiger partial charge in [-0.2, -0.15) is 13.2 Å². The lowest BCUT2D eigenvalue weighted by Gasteiger charge is -2.49. The normalized spacial score (nSPS) is 23.8. The first-order valence-corrected chi connectivity index (χ1v) is 10.2. The Morgan fingerprint density at radius 3 is 2.66 bits per heavy atom. The zero-order chi connectivity index (χ0) is 22.9. The minimum absolute atomic E-state index is 0.00175. The van der Waals surface area contributed by atoms with Gasteiger partial charge in [0, 0.05) is 16.6 Å². The van der Waals surface area contributed by atoms with Crippen molar-refractivity contribution in [1.29, 1.82) is 0 Å². The summed E-state index contributed by atoms with van der Waals surface area (Å²) in [6.07, 6.45) is -2.44. The summed E-state index contributed by atoms with van der Waals surface area (Å²) in [5, 5.41) is 14.8. The van der Waals surface area contributed by atoms with Crippen LogP contribution in [0.5, 0.6) is 11.5 Å². The van der Waals surface area contributed by atoms with Crippen LogP contribution in [0.15, 0.2) is 36.7 Å². The van der Waals surface area contributed by atoms with Crippen LogP contribution < -0.4 is 14.8 Å². The van der Waals surface area contributed by atoms with Gasteiger partial charge in [-0.3, -0.25) is 9.97 Å². The highest BCUT2D eigenvalue weighted by Gasteiger charge is 2.64. The molecule has 3 aromatic rings. The second kappa shape index (κ2) is 6.71. The monoisotopic (exact) mass is 445 g/mol. The van der Waals surface area contributed by atoms with Crippen molar-refractivity contribution < 1.29 is 27.8 Å². The van der Waals surface area contributed by atoms with Crippen molar-refractivity contribution in [1.82, 2.24) is 9.97 Å². The highest BCUT2D eigenvalue weighted by Crippen LogP contribution is 2.58. The van der Waals surface area contributed by atoms with E-state index in [0.717, 1.165) is 5.69 Å². The minimum Gasteiger partial charge on any atom is -0.454 e. The Labute approximate surface area is 182 Å². The van der Waals surface area contributed by atoms with Crippen LogP contribution in [0, 0.1) is 6.92 Å². The Balaban J connectivity index is 1.72. The van der Waals surface area contributed by atoms with E-state index in [-0.39, 0.29) is 6.79 Å². The number of hydrogen-bond acceptors (Lipinski definition) is 6. The molecule has 0 saturated carbocycles. The van der Waals surface area contributed by atoms with Gasteiger partial charge in [-0.15, -0.1) is 0 Å². The molecular weight excluding hydrogens is 423 g/mol. The maximum atomic E-state index is 14.4. The third kappa shape index (κ3) is 2.98. The molecule has 3 heterocycles. The highest BCUT2D eigenvalue weighted by atomic mass is 19.4. The van der Waals surface area contributed by atoms with Crippen LogP contribution in [0.4, 0.5) is 18.9 Å². The number of halogens is 3. The summed E-state index contributed by atoms with van der Waals surface area (Å²) in [5.74, 6) is 0.913. The quantitative estimate of drug-likeness (QED) is 0.591. The molecule has 9 heteroatoms. The number of aliphatic hydroxyl groups is 1. The van der Waals surface area contributed by atoms with Gasteiger partial charge in [0.15, 0.2) is 17.1 Å². The van der Waals surface area contributed by atoms with Crippen molar-refractivity contribution in [3.8, 4) is 11.5 Å². The van der Waals surface area contributed by atoms with Crippen LogP contribution >= 0.6 is 0 Å². The molecule has 0 saturated heterocycles. The van der Waals surface area contributed by atoms with E-state index in [0.29, 0.717) is 39.2 Å². The number of anilines is 1. The summed E-state index contributed by atoms with van der Waals surface area (Å²) in [4.78, 5) is 8.54. The highest BCUT2D eigenvalue weighted by molar-refractivity contribution is 5.90. The van der Waals surface area contributed by atoms with Crippen LogP contribution in [0.1, 0.15) is 43.1 Å². The molecule has 2 N–H and O–H groups in total. The van der Waals surface area contributed by atoms with Gasteiger partial charge in [-0.05, 0) is 42.5 Å². The van der Waals surface area contributed by atoms with Crippen LogP contribution in [0.25, 0.3) is 10.9 Å². The van der Waals surface area contributed by atoms with Gasteiger partial charge in [0.2, 0.25) is 6.79 Å². The number of nitrogens with zero attached hydrogens (tertiary/aromatic N) is 2. The van der Waals surface area contributed by atoms with Gasteiger partial charge in [0.05, 0.1) is 29.6 Å². The van der Waals surface area contributed by atoms with Crippen molar-refractivity contribution in [2.45, 2.75) is 50.4 Å². The fourth-order valence-corrected chi connectivity index (χ4v) is 4.93. The van der Waals surface area contributed by atoms with Crippen molar-refractivity contribution in [2.75, 3.05) is 12.1 Å². The van der Waals surface area contributed by atoms with E-state index in [9.17, 15) is 18.3 Å². The third-order valence-corrected chi connectivity index (χ3v) is 6.29. The molecule has 0 amide bonds. The smallest absolute Gasteiger partial charge is 0.419 e. The molecular formula is C23H22F3N3O3. The lowest BCUT2D eigenvalue weighted by atomic mass is 9.63. The molecule has 2 aliphatic rings. The molecule has 168 valence electrons. The molecule has 1 aliphatic heterocycles. The van der Waals surface area contributed by atoms with Gasteiger partial charge in [0.1, 0.15) is 0 Å². The van der Waals surface area contributed by atoms with E-state index in [2.05, 4.69) is 15.3 Å². The lowest BCUT2D eigenvalue weighted by Crippen LogP contribution is -2.58. The Hall–Kier alpha value is -3.07. The third-order valence-electron chi connectivity index (χ3n) is 6.29. The summed E-state index contributed by atoms with van der Waals surface area (Å²) < 4.78 is 54.2. The molecule has 5 rings (SSSR count). The van der Waals surface area contributed by atoms with E-state index in [1.807, 2.05) is 6.92 Å². The Bertz CT molecular complexity index is 1230. The predicted octanol–water partition coefficient (Wildman–Crippen LogP) is 4.79. The van der Waals surface area contributed by atoms with Gasteiger partial charge in [0.25, 0.3) is 0 Å². The summed E-state index contributed by atoms with van der Waals surface area (Å²) in [7, 11) is 0. The molecule has 6 nitrogen and oxygen atoms in total. The van der Waals surface area contributed by atoms with Crippen molar-refractivity contribution in [2.24, 2.45) is 0 Å². The number of ether oxygens (including phenoxy) is 2. The average molecular weight is 445 g/mol. The molecule has 2 atom stereocenters. The number of aryl methyl sites for hydroxylation is 1. The number of rotatable bonds is 2. The van der Waals surface area contributed by atoms with Crippen LogP contribution in [-0.4, -0.2) is 33.6 Å². The number of alkyl halides is 3. The molecule has 0 spiro atoms. The van der Waals surface area contributed by atoms with E-state index >= 15 is 0 Å². The molecule has 1 aromatic carbocycles. The standard InChI is InChI=1S/C23H22F3N3O3/c1-12-4-5-13-15(28-12)8-27-9-16(13)29-20-14-6-7-17-19(32-11-31-17)18(14)21(2,3)10-22(20,30)23(24,25)26/h4-9,20,29-30H,10-11H2,1-3H3. The minimum atomic E-state index is -4.89. The first-order valence-electron chi connectivity index (χ1n) is 10.2. The largest absolute Gasteiger partial charge is 0.454 e. The van der Waals surface area contributed by atoms with E-state index in [1.165, 1.54) is 6.20 Å². The summed E-state index contributed by atoms with van der Waals surface area (Å²) in [6.45, 7) is 5.17. The summed E-state index contributed by atoms with van der Waals surface area (Å²) >= 11 is 0. The topological polar surface area (TPSA) is 76.5 Å². The molecule has 32 heavy (non-hydrogen) atoms. The van der Waals surface area contributed by atoms with Crippen LogP contribution in [0.2, 0.25) is 0 Å². The fourth-order valence-electron chi connectivity index (χ4n) is 4.93. The van der Waals surface area contributed by atoms with E-state index in [4.69, 9.17) is 9.47 Å². The lowest BCUT2D eigenvalue weighted by molar-refractivity contribution is -0.275. The zero-order valence-corrected chi connectivity index (χ0v) is 17.7.